The molecule has 1 heterocycles. The number of furan rings is 1. The first kappa shape index (κ1) is 16.4. The highest BCUT2D eigenvalue weighted by Crippen LogP contribution is 2.29. The highest BCUT2D eigenvalue weighted by molar-refractivity contribution is 8.00. The summed E-state index contributed by atoms with van der Waals surface area (Å²) >= 11 is 1.15. The molecule has 3 N–H and O–H groups in total. The van der Waals surface area contributed by atoms with Crippen molar-refractivity contribution in [2.24, 2.45) is 5.73 Å². The average molecular weight is 324 g/mol. The topological polar surface area (TPSA) is 85.3 Å². The van der Waals surface area contributed by atoms with Gasteiger partial charge in [0.2, 0.25) is 11.8 Å². The van der Waals surface area contributed by atoms with E-state index in [4.69, 9.17) is 10.2 Å². The number of fused-ring (bicyclic) bond motifs is 1. The van der Waals surface area contributed by atoms with Gasteiger partial charge in [0.05, 0.1) is 17.5 Å². The van der Waals surface area contributed by atoms with Crippen molar-refractivity contribution in [1.29, 1.82) is 0 Å². The molecule has 1 atom stereocenters. The van der Waals surface area contributed by atoms with Crippen LogP contribution in [-0.2, 0) is 9.59 Å². The zero-order valence-corrected chi connectivity index (χ0v) is 13.1. The van der Waals surface area contributed by atoms with E-state index in [2.05, 4.69) is 5.32 Å². The molecule has 2 amide bonds. The first-order chi connectivity index (χ1) is 10.4. The molecule has 2 aromatic rings. The molecule has 2 rings (SSSR count). The third-order valence-corrected chi connectivity index (χ3v) is 4.14. The number of nitrogens with one attached hydrogen (secondary N) is 1. The van der Waals surface area contributed by atoms with Crippen molar-refractivity contribution >= 4 is 34.5 Å². The third kappa shape index (κ3) is 3.79. The molecule has 0 bridgehead atoms. The van der Waals surface area contributed by atoms with Crippen molar-refractivity contribution in [2.75, 3.05) is 11.5 Å². The molecule has 0 saturated heterocycles. The summed E-state index contributed by atoms with van der Waals surface area (Å²) in [6.45, 7) is 3.61. The fourth-order valence-electron chi connectivity index (χ4n) is 2.22. The van der Waals surface area contributed by atoms with Gasteiger partial charge in [-0.15, -0.1) is 11.8 Å². The van der Waals surface area contributed by atoms with Crippen molar-refractivity contribution in [3.05, 3.63) is 35.3 Å². The summed E-state index contributed by atoms with van der Waals surface area (Å²) in [6.07, 6.45) is 0. The van der Waals surface area contributed by atoms with Gasteiger partial charge in [-0.05, 0) is 32.0 Å². The molecule has 1 aromatic heterocycles. The Morgan fingerprint density at radius 3 is 2.82 bits per heavy atom. The number of aryl methyl sites for hydroxylation is 1. The monoisotopic (exact) mass is 324 g/mol. The number of thioether (sulfide) groups is 1. The Morgan fingerprint density at radius 1 is 1.41 bits per heavy atom. The summed E-state index contributed by atoms with van der Waals surface area (Å²) in [6, 6.07) is 3.96. The number of rotatable bonds is 6. The lowest BCUT2D eigenvalue weighted by Crippen LogP contribution is -2.29. The number of carbonyl (C=O) groups is 2. The van der Waals surface area contributed by atoms with Gasteiger partial charge in [-0.3, -0.25) is 9.59 Å². The second-order valence-corrected chi connectivity index (χ2v) is 5.97. The van der Waals surface area contributed by atoms with E-state index < -0.39 is 5.91 Å². The lowest BCUT2D eigenvalue weighted by molar-refractivity contribution is -0.119. The number of primary amides is 1. The molecular weight excluding hydrogens is 307 g/mol. The van der Waals surface area contributed by atoms with Crippen LogP contribution in [0, 0.1) is 12.7 Å². The number of nitrogens with two attached hydrogens (primary N) is 1. The SMILES string of the molecule is Cc1c(C(C)NC(=O)CSCC(N)=O)oc2ccc(F)cc12. The van der Waals surface area contributed by atoms with Gasteiger partial charge in [0.15, 0.2) is 0 Å². The Bertz CT molecular complexity index is 714. The number of amides is 2. The van der Waals surface area contributed by atoms with Gasteiger partial charge >= 0.3 is 0 Å². The lowest BCUT2D eigenvalue weighted by atomic mass is 10.1. The molecule has 118 valence electrons. The number of hydrogen-bond acceptors (Lipinski definition) is 4. The molecule has 22 heavy (non-hydrogen) atoms. The normalized spacial score (nSPS) is 12.3. The van der Waals surface area contributed by atoms with Crippen LogP contribution in [-0.4, -0.2) is 23.3 Å². The van der Waals surface area contributed by atoms with E-state index in [1.165, 1.54) is 12.1 Å². The second-order valence-electron chi connectivity index (χ2n) is 4.98. The van der Waals surface area contributed by atoms with Gasteiger partial charge in [0.1, 0.15) is 17.2 Å². The summed E-state index contributed by atoms with van der Waals surface area (Å²) < 4.78 is 19.0. The van der Waals surface area contributed by atoms with Gasteiger partial charge in [0.25, 0.3) is 0 Å². The molecule has 7 heteroatoms. The maximum atomic E-state index is 13.3. The van der Waals surface area contributed by atoms with E-state index in [0.717, 1.165) is 17.3 Å². The molecule has 5 nitrogen and oxygen atoms in total. The Balaban J connectivity index is 2.06. The van der Waals surface area contributed by atoms with Crippen molar-refractivity contribution in [2.45, 2.75) is 19.9 Å². The number of hydrogen-bond donors (Lipinski definition) is 2. The summed E-state index contributed by atoms with van der Waals surface area (Å²) in [4.78, 5) is 22.4. The minimum atomic E-state index is -0.457. The zero-order valence-electron chi connectivity index (χ0n) is 12.3. The minimum absolute atomic E-state index is 0.102. The Labute approximate surface area is 131 Å². The van der Waals surface area contributed by atoms with Crippen molar-refractivity contribution in [3.63, 3.8) is 0 Å². The predicted octanol–water partition coefficient (Wildman–Crippen LogP) is 2.28. The molecular formula is C15H17FN2O3S. The average Bonchev–Trinajstić information content (AvgIpc) is 2.75. The smallest absolute Gasteiger partial charge is 0.230 e. The maximum Gasteiger partial charge on any atom is 0.230 e. The molecule has 0 aliphatic rings. The van der Waals surface area contributed by atoms with Gasteiger partial charge in [-0.2, -0.15) is 0 Å². The fraction of sp³-hybridized carbons (Fsp3) is 0.333. The first-order valence-corrected chi connectivity index (χ1v) is 7.88. The maximum absolute atomic E-state index is 13.3. The van der Waals surface area contributed by atoms with Crippen LogP contribution in [0.5, 0.6) is 0 Å². The van der Waals surface area contributed by atoms with Crippen LogP contribution in [0.3, 0.4) is 0 Å². The molecule has 0 aliphatic heterocycles. The van der Waals surface area contributed by atoms with Crippen LogP contribution in [0.1, 0.15) is 24.3 Å². The van der Waals surface area contributed by atoms with Gasteiger partial charge in [-0.1, -0.05) is 0 Å². The molecule has 1 aromatic carbocycles. The molecule has 0 saturated carbocycles. The van der Waals surface area contributed by atoms with E-state index in [1.807, 2.05) is 6.92 Å². The van der Waals surface area contributed by atoms with Crippen LogP contribution in [0.2, 0.25) is 0 Å². The fourth-order valence-corrected chi connectivity index (χ4v) is 2.79. The standard InChI is InChI=1S/C15H17FN2O3S/c1-8-11-5-10(16)3-4-12(11)21-15(8)9(2)18-14(20)7-22-6-13(17)19/h3-5,9H,6-7H2,1-2H3,(H2,17,19)(H,18,20). The van der Waals surface area contributed by atoms with Gasteiger partial charge in [-0.25, -0.2) is 4.39 Å². The van der Waals surface area contributed by atoms with E-state index in [0.29, 0.717) is 16.7 Å². The van der Waals surface area contributed by atoms with E-state index >= 15 is 0 Å². The van der Waals surface area contributed by atoms with Crippen LogP contribution >= 0.6 is 11.8 Å². The summed E-state index contributed by atoms with van der Waals surface area (Å²) in [7, 11) is 0. The quantitative estimate of drug-likeness (QED) is 0.853. The largest absolute Gasteiger partial charge is 0.459 e. The molecule has 0 radical (unpaired) electrons. The summed E-state index contributed by atoms with van der Waals surface area (Å²) in [5, 5.41) is 3.48. The van der Waals surface area contributed by atoms with Crippen LogP contribution in [0.25, 0.3) is 11.0 Å². The van der Waals surface area contributed by atoms with Crippen LogP contribution in [0.15, 0.2) is 22.6 Å². The second kappa shape index (κ2) is 6.83. The highest BCUT2D eigenvalue weighted by atomic mass is 32.2. The van der Waals surface area contributed by atoms with E-state index in [9.17, 15) is 14.0 Å². The Hall–Kier alpha value is -2.02. The predicted molar refractivity (Wildman–Crippen MR) is 84.0 cm³/mol. The number of halogens is 1. The van der Waals surface area contributed by atoms with Gasteiger partial charge in [0, 0.05) is 10.9 Å². The Morgan fingerprint density at radius 2 is 2.14 bits per heavy atom. The highest BCUT2D eigenvalue weighted by Gasteiger charge is 2.18. The van der Waals surface area contributed by atoms with Crippen LogP contribution in [0.4, 0.5) is 4.39 Å². The number of benzene rings is 1. The van der Waals surface area contributed by atoms with Gasteiger partial charge < -0.3 is 15.5 Å². The zero-order chi connectivity index (χ0) is 16.3. The molecule has 1 unspecified atom stereocenters. The lowest BCUT2D eigenvalue weighted by Gasteiger charge is -2.12. The van der Waals surface area contributed by atoms with Crippen LogP contribution < -0.4 is 11.1 Å². The van der Waals surface area contributed by atoms with Crippen molar-refractivity contribution < 1.29 is 18.4 Å². The number of carbonyl (C=O) groups excluding carboxylic acids is 2. The molecule has 0 spiro atoms. The third-order valence-electron chi connectivity index (χ3n) is 3.18. The summed E-state index contributed by atoms with van der Waals surface area (Å²) in [5.41, 5.74) is 6.39. The van der Waals surface area contributed by atoms with Crippen molar-refractivity contribution in [3.8, 4) is 0 Å². The van der Waals surface area contributed by atoms with E-state index in [-0.39, 0.29) is 29.3 Å². The summed E-state index contributed by atoms with van der Waals surface area (Å²) in [5.74, 6) is -0.173. The molecule has 0 fully saturated rings. The molecule has 0 aliphatic carbocycles. The van der Waals surface area contributed by atoms with E-state index in [1.54, 1.807) is 13.0 Å². The van der Waals surface area contributed by atoms with Crippen molar-refractivity contribution in [1.82, 2.24) is 5.32 Å². The minimum Gasteiger partial charge on any atom is -0.459 e. The first-order valence-electron chi connectivity index (χ1n) is 6.72. The Kier molecular flexibility index (Phi) is 5.07.